The van der Waals surface area contributed by atoms with Gasteiger partial charge in [-0.1, -0.05) is 48.0 Å². The SMILES string of the molecule is CC(=O)NCc1ccc(-c2csc(NC(=O)COc3ccc(-c4ccccc4)cc3Cl)n2)o1. The van der Waals surface area contributed by atoms with Crippen molar-refractivity contribution in [1.29, 1.82) is 0 Å². The van der Waals surface area contributed by atoms with E-state index in [-0.39, 0.29) is 18.4 Å². The molecule has 0 saturated heterocycles. The third kappa shape index (κ3) is 6.00. The summed E-state index contributed by atoms with van der Waals surface area (Å²) in [7, 11) is 0. The number of amides is 2. The predicted octanol–water partition coefficient (Wildman–Crippen LogP) is 5.38. The lowest BCUT2D eigenvalue weighted by Gasteiger charge is -2.09. The van der Waals surface area contributed by atoms with E-state index in [2.05, 4.69) is 15.6 Å². The number of carbonyl (C=O) groups excluding carboxylic acids is 2. The number of carbonyl (C=O) groups is 2. The van der Waals surface area contributed by atoms with Crippen molar-refractivity contribution >= 4 is 39.9 Å². The van der Waals surface area contributed by atoms with Crippen LogP contribution in [0, 0.1) is 0 Å². The number of hydrogen-bond donors (Lipinski definition) is 2. The van der Waals surface area contributed by atoms with Crippen LogP contribution in [-0.2, 0) is 16.1 Å². The summed E-state index contributed by atoms with van der Waals surface area (Å²) in [5, 5.41) is 8.00. The van der Waals surface area contributed by atoms with Gasteiger partial charge in [-0.25, -0.2) is 4.98 Å². The number of furan rings is 1. The topological polar surface area (TPSA) is 93.5 Å². The summed E-state index contributed by atoms with van der Waals surface area (Å²) in [6, 6.07) is 18.8. The average molecular weight is 482 g/mol. The van der Waals surface area contributed by atoms with E-state index in [4.69, 9.17) is 20.8 Å². The van der Waals surface area contributed by atoms with Gasteiger partial charge in [0.15, 0.2) is 17.5 Å². The summed E-state index contributed by atoms with van der Waals surface area (Å²) in [6.45, 7) is 1.53. The van der Waals surface area contributed by atoms with E-state index in [1.165, 1.54) is 18.3 Å². The van der Waals surface area contributed by atoms with Gasteiger partial charge in [0.2, 0.25) is 5.91 Å². The van der Waals surface area contributed by atoms with Crippen LogP contribution in [0.2, 0.25) is 5.02 Å². The molecule has 4 aromatic rings. The van der Waals surface area contributed by atoms with Crippen LogP contribution in [0.3, 0.4) is 0 Å². The van der Waals surface area contributed by atoms with Gasteiger partial charge < -0.3 is 14.5 Å². The van der Waals surface area contributed by atoms with Crippen LogP contribution in [0.15, 0.2) is 70.5 Å². The van der Waals surface area contributed by atoms with E-state index >= 15 is 0 Å². The Kier molecular flexibility index (Phi) is 7.07. The first kappa shape index (κ1) is 22.6. The van der Waals surface area contributed by atoms with E-state index in [0.29, 0.717) is 39.7 Å². The molecule has 0 aliphatic rings. The van der Waals surface area contributed by atoms with Gasteiger partial charge in [0.05, 0.1) is 11.6 Å². The van der Waals surface area contributed by atoms with E-state index in [9.17, 15) is 9.59 Å². The van der Waals surface area contributed by atoms with Crippen LogP contribution in [0.5, 0.6) is 5.75 Å². The first-order chi connectivity index (χ1) is 16.0. The smallest absolute Gasteiger partial charge is 0.264 e. The fourth-order valence-electron chi connectivity index (χ4n) is 2.99. The van der Waals surface area contributed by atoms with Crippen molar-refractivity contribution in [3.63, 3.8) is 0 Å². The van der Waals surface area contributed by atoms with Crippen LogP contribution in [0.4, 0.5) is 5.13 Å². The number of anilines is 1. The van der Waals surface area contributed by atoms with Crippen molar-refractivity contribution in [2.24, 2.45) is 0 Å². The lowest BCUT2D eigenvalue weighted by Crippen LogP contribution is -2.20. The Labute approximate surface area is 199 Å². The van der Waals surface area contributed by atoms with Crippen LogP contribution < -0.4 is 15.4 Å². The van der Waals surface area contributed by atoms with Gasteiger partial charge in [0.1, 0.15) is 17.2 Å². The number of hydrogen-bond acceptors (Lipinski definition) is 6. The molecule has 2 N–H and O–H groups in total. The monoisotopic (exact) mass is 481 g/mol. The quantitative estimate of drug-likeness (QED) is 0.352. The number of nitrogens with zero attached hydrogens (tertiary/aromatic N) is 1. The van der Waals surface area contributed by atoms with Gasteiger partial charge in [0.25, 0.3) is 5.91 Å². The maximum absolute atomic E-state index is 12.3. The van der Waals surface area contributed by atoms with Crippen LogP contribution in [0.25, 0.3) is 22.6 Å². The van der Waals surface area contributed by atoms with Gasteiger partial charge in [-0.15, -0.1) is 11.3 Å². The molecule has 7 nitrogen and oxygen atoms in total. The second kappa shape index (κ2) is 10.3. The van der Waals surface area contributed by atoms with Crippen LogP contribution in [-0.4, -0.2) is 23.4 Å². The summed E-state index contributed by atoms with van der Waals surface area (Å²) in [5.74, 6) is 1.09. The summed E-state index contributed by atoms with van der Waals surface area (Å²) in [6.07, 6.45) is 0. The van der Waals surface area contributed by atoms with Crippen LogP contribution in [0.1, 0.15) is 12.7 Å². The third-order valence-electron chi connectivity index (χ3n) is 4.57. The Morgan fingerprint density at radius 3 is 2.67 bits per heavy atom. The highest BCUT2D eigenvalue weighted by Gasteiger charge is 2.13. The number of nitrogens with one attached hydrogen (secondary N) is 2. The molecule has 0 fully saturated rings. The van der Waals surface area contributed by atoms with Gasteiger partial charge in [-0.05, 0) is 35.4 Å². The zero-order valence-corrected chi connectivity index (χ0v) is 19.2. The minimum Gasteiger partial charge on any atom is -0.482 e. The second-order valence-corrected chi connectivity index (χ2v) is 8.33. The Morgan fingerprint density at radius 1 is 1.09 bits per heavy atom. The molecule has 9 heteroatoms. The first-order valence-corrected chi connectivity index (χ1v) is 11.3. The number of thiazole rings is 1. The van der Waals surface area contributed by atoms with Crippen molar-refractivity contribution in [1.82, 2.24) is 10.3 Å². The largest absolute Gasteiger partial charge is 0.482 e. The molecule has 0 unspecified atom stereocenters. The molecule has 33 heavy (non-hydrogen) atoms. The number of rotatable bonds is 8. The van der Waals surface area contributed by atoms with Gasteiger partial charge in [-0.2, -0.15) is 0 Å². The van der Waals surface area contributed by atoms with Crippen LogP contribution >= 0.6 is 22.9 Å². The molecule has 0 aliphatic carbocycles. The molecular formula is C24H20ClN3O4S. The molecule has 0 aliphatic heterocycles. The number of aromatic nitrogens is 1. The molecule has 2 heterocycles. The molecule has 0 radical (unpaired) electrons. The fourth-order valence-corrected chi connectivity index (χ4v) is 3.94. The maximum Gasteiger partial charge on any atom is 0.264 e. The van der Waals surface area contributed by atoms with E-state index in [1.54, 1.807) is 29.6 Å². The molecule has 0 atom stereocenters. The van der Waals surface area contributed by atoms with Crippen molar-refractivity contribution in [3.05, 3.63) is 76.8 Å². The van der Waals surface area contributed by atoms with Gasteiger partial charge in [-0.3, -0.25) is 14.9 Å². The van der Waals surface area contributed by atoms with Crippen molar-refractivity contribution in [3.8, 4) is 28.3 Å². The van der Waals surface area contributed by atoms with Gasteiger partial charge in [0, 0.05) is 12.3 Å². The Bertz CT molecular complexity index is 1270. The molecule has 2 amide bonds. The zero-order chi connectivity index (χ0) is 23.2. The fraction of sp³-hybridized carbons (Fsp3) is 0.125. The lowest BCUT2D eigenvalue weighted by atomic mass is 10.1. The highest BCUT2D eigenvalue weighted by Crippen LogP contribution is 2.30. The highest BCUT2D eigenvalue weighted by molar-refractivity contribution is 7.14. The summed E-state index contributed by atoms with van der Waals surface area (Å²) in [5.41, 5.74) is 2.60. The van der Waals surface area contributed by atoms with E-state index in [0.717, 1.165) is 11.1 Å². The van der Waals surface area contributed by atoms with E-state index < -0.39 is 0 Å². The third-order valence-corrected chi connectivity index (χ3v) is 5.63. The van der Waals surface area contributed by atoms with Gasteiger partial charge >= 0.3 is 0 Å². The average Bonchev–Trinajstić information content (AvgIpc) is 3.47. The normalized spacial score (nSPS) is 10.6. The Morgan fingerprint density at radius 2 is 1.91 bits per heavy atom. The molecule has 2 aromatic heterocycles. The minimum atomic E-state index is -0.357. The predicted molar refractivity (Wildman–Crippen MR) is 128 cm³/mol. The summed E-state index contributed by atoms with van der Waals surface area (Å²) in [4.78, 5) is 27.7. The second-order valence-electron chi connectivity index (χ2n) is 7.06. The van der Waals surface area contributed by atoms with Crippen molar-refractivity contribution in [2.75, 3.05) is 11.9 Å². The lowest BCUT2D eigenvalue weighted by molar-refractivity contribution is -0.119. The number of halogens is 1. The zero-order valence-electron chi connectivity index (χ0n) is 17.6. The van der Waals surface area contributed by atoms with Crippen molar-refractivity contribution in [2.45, 2.75) is 13.5 Å². The molecule has 0 saturated carbocycles. The Hall–Kier alpha value is -3.62. The first-order valence-electron chi connectivity index (χ1n) is 10.0. The molecule has 168 valence electrons. The number of ether oxygens (including phenoxy) is 1. The number of benzene rings is 2. The van der Waals surface area contributed by atoms with E-state index in [1.807, 2.05) is 36.4 Å². The highest BCUT2D eigenvalue weighted by atomic mass is 35.5. The summed E-state index contributed by atoms with van der Waals surface area (Å²) < 4.78 is 11.3. The molecule has 0 bridgehead atoms. The molecule has 2 aromatic carbocycles. The Balaban J connectivity index is 1.32. The standard InChI is InChI=1S/C24H20ClN3O4S/c1-15(29)26-12-18-8-10-22(32-18)20-14-33-24(27-20)28-23(30)13-31-21-9-7-17(11-19(21)25)16-5-3-2-4-6-16/h2-11,14H,12-13H2,1H3,(H,26,29)(H,27,28,30). The molecule has 4 rings (SSSR count). The molecular weight excluding hydrogens is 462 g/mol. The van der Waals surface area contributed by atoms with Crippen molar-refractivity contribution < 1.29 is 18.7 Å². The maximum atomic E-state index is 12.3. The molecule has 0 spiro atoms. The minimum absolute atomic E-state index is 0.137. The summed E-state index contributed by atoms with van der Waals surface area (Å²) >= 11 is 7.61.